The lowest BCUT2D eigenvalue weighted by Crippen LogP contribution is -2.52. The average Bonchev–Trinajstić information content (AvgIpc) is 2.99. The zero-order chi connectivity index (χ0) is 20.9. The Morgan fingerprint density at radius 2 is 1.97 bits per heavy atom. The summed E-state index contributed by atoms with van der Waals surface area (Å²) in [6.45, 7) is 4.00. The maximum atomic E-state index is 12.9. The maximum Gasteiger partial charge on any atom is 0.255 e. The van der Waals surface area contributed by atoms with Crippen molar-refractivity contribution in [2.24, 2.45) is 0 Å². The lowest BCUT2D eigenvalue weighted by atomic mass is 9.95. The van der Waals surface area contributed by atoms with Crippen LogP contribution in [-0.4, -0.2) is 33.6 Å². The number of nitrogens with zero attached hydrogens (tertiary/aromatic N) is 3. The van der Waals surface area contributed by atoms with E-state index in [0.29, 0.717) is 29.8 Å². The number of rotatable bonds is 2. The Balaban J connectivity index is 1.72. The topological polar surface area (TPSA) is 129 Å². The van der Waals surface area contributed by atoms with Gasteiger partial charge in [0.25, 0.3) is 5.91 Å². The number of nitrogens with one attached hydrogen (secondary N) is 1. The SMILES string of the molecule is Cc1cc(-c2ccc3c(c2C)CN(C2CCC(=O)NC2=O)C3=O)nc(N)c1C#N. The number of fused-ring (bicyclic) bond motifs is 1. The van der Waals surface area contributed by atoms with Crippen LogP contribution in [0, 0.1) is 25.2 Å². The number of hydrogen-bond donors (Lipinski definition) is 2. The molecule has 4 rings (SSSR count). The van der Waals surface area contributed by atoms with Gasteiger partial charge < -0.3 is 10.6 Å². The summed E-state index contributed by atoms with van der Waals surface area (Å²) in [4.78, 5) is 42.4. The van der Waals surface area contributed by atoms with E-state index < -0.39 is 11.9 Å². The van der Waals surface area contributed by atoms with Gasteiger partial charge in [0.1, 0.15) is 17.9 Å². The molecule has 2 aromatic rings. The molecule has 3 heterocycles. The molecule has 8 nitrogen and oxygen atoms in total. The first-order chi connectivity index (χ1) is 13.8. The van der Waals surface area contributed by atoms with Crippen LogP contribution in [0.15, 0.2) is 18.2 Å². The molecule has 2 aliphatic rings. The van der Waals surface area contributed by atoms with Gasteiger partial charge in [-0.2, -0.15) is 5.26 Å². The monoisotopic (exact) mass is 389 g/mol. The Bertz CT molecular complexity index is 1110. The number of aromatic nitrogens is 1. The fraction of sp³-hybridized carbons (Fsp3) is 0.286. The molecule has 1 unspecified atom stereocenters. The van der Waals surface area contributed by atoms with Gasteiger partial charge in [0.15, 0.2) is 0 Å². The molecule has 0 spiro atoms. The van der Waals surface area contributed by atoms with E-state index in [1.165, 1.54) is 4.90 Å². The van der Waals surface area contributed by atoms with Crippen LogP contribution in [0.1, 0.15) is 45.5 Å². The molecule has 1 aromatic carbocycles. The van der Waals surface area contributed by atoms with Gasteiger partial charge in [-0.25, -0.2) is 4.98 Å². The van der Waals surface area contributed by atoms with Crippen LogP contribution >= 0.6 is 0 Å². The molecule has 146 valence electrons. The van der Waals surface area contributed by atoms with Crippen molar-refractivity contribution in [3.63, 3.8) is 0 Å². The highest BCUT2D eigenvalue weighted by atomic mass is 16.2. The summed E-state index contributed by atoms with van der Waals surface area (Å²) in [5.41, 5.74) is 10.7. The first kappa shape index (κ1) is 18.6. The Kier molecular flexibility index (Phi) is 4.31. The summed E-state index contributed by atoms with van der Waals surface area (Å²) >= 11 is 0. The van der Waals surface area contributed by atoms with Gasteiger partial charge in [-0.05, 0) is 49.1 Å². The van der Waals surface area contributed by atoms with Crippen molar-refractivity contribution in [2.45, 2.75) is 39.3 Å². The third kappa shape index (κ3) is 2.91. The van der Waals surface area contributed by atoms with Crippen molar-refractivity contribution >= 4 is 23.5 Å². The van der Waals surface area contributed by atoms with Crippen LogP contribution < -0.4 is 11.1 Å². The maximum absolute atomic E-state index is 12.9. The quantitative estimate of drug-likeness (QED) is 0.750. The number of aryl methyl sites for hydroxylation is 1. The van der Waals surface area contributed by atoms with Gasteiger partial charge in [-0.3, -0.25) is 19.7 Å². The second kappa shape index (κ2) is 6.71. The second-order valence-electron chi connectivity index (χ2n) is 7.36. The standard InChI is InChI=1S/C21H19N5O3/c1-10-7-16(24-19(23)14(10)8-22)12-3-4-13-15(11(12)2)9-26(21(13)29)17-5-6-18(27)25-20(17)28/h3-4,7,17H,5-6,9H2,1-2H3,(H2,23,24)(H,25,27,28). The first-order valence-corrected chi connectivity index (χ1v) is 9.26. The first-order valence-electron chi connectivity index (χ1n) is 9.26. The number of imide groups is 1. The lowest BCUT2D eigenvalue weighted by molar-refractivity contribution is -0.136. The number of amides is 3. The molecular formula is C21H19N5O3. The molecule has 1 saturated heterocycles. The third-order valence-corrected chi connectivity index (χ3v) is 5.64. The summed E-state index contributed by atoms with van der Waals surface area (Å²) in [7, 11) is 0. The van der Waals surface area contributed by atoms with Crippen LogP contribution in [0.2, 0.25) is 0 Å². The van der Waals surface area contributed by atoms with Crippen molar-refractivity contribution in [1.29, 1.82) is 5.26 Å². The van der Waals surface area contributed by atoms with Crippen LogP contribution in [0.25, 0.3) is 11.3 Å². The van der Waals surface area contributed by atoms with E-state index in [0.717, 1.165) is 22.3 Å². The van der Waals surface area contributed by atoms with Gasteiger partial charge in [0, 0.05) is 24.1 Å². The fourth-order valence-corrected chi connectivity index (χ4v) is 4.05. The largest absolute Gasteiger partial charge is 0.383 e. The molecule has 0 radical (unpaired) electrons. The molecule has 0 bridgehead atoms. The summed E-state index contributed by atoms with van der Waals surface area (Å²) < 4.78 is 0. The number of carbonyl (C=O) groups is 3. The Morgan fingerprint density at radius 1 is 1.24 bits per heavy atom. The van der Waals surface area contributed by atoms with Crippen LogP contribution in [0.3, 0.4) is 0 Å². The van der Waals surface area contributed by atoms with E-state index in [-0.39, 0.29) is 24.1 Å². The van der Waals surface area contributed by atoms with Gasteiger partial charge in [-0.15, -0.1) is 0 Å². The highest BCUT2D eigenvalue weighted by molar-refractivity contribution is 6.05. The molecule has 3 amide bonds. The Labute approximate surface area is 167 Å². The van der Waals surface area contributed by atoms with Gasteiger partial charge >= 0.3 is 0 Å². The lowest BCUT2D eigenvalue weighted by Gasteiger charge is -2.29. The predicted molar refractivity (Wildman–Crippen MR) is 104 cm³/mol. The molecule has 29 heavy (non-hydrogen) atoms. The van der Waals surface area contributed by atoms with Crippen molar-refractivity contribution in [1.82, 2.24) is 15.2 Å². The molecule has 8 heteroatoms. The van der Waals surface area contributed by atoms with E-state index in [9.17, 15) is 19.6 Å². The average molecular weight is 389 g/mol. The minimum atomic E-state index is -0.652. The fourth-order valence-electron chi connectivity index (χ4n) is 4.05. The summed E-state index contributed by atoms with van der Waals surface area (Å²) in [6.07, 6.45) is 0.539. The molecule has 1 aromatic heterocycles. The smallest absolute Gasteiger partial charge is 0.255 e. The Morgan fingerprint density at radius 3 is 2.62 bits per heavy atom. The van der Waals surface area contributed by atoms with Crippen molar-refractivity contribution < 1.29 is 14.4 Å². The predicted octanol–water partition coefficient (Wildman–Crippen LogP) is 1.58. The van der Waals surface area contributed by atoms with Crippen LogP contribution in [0.4, 0.5) is 5.82 Å². The number of nitriles is 1. The highest BCUT2D eigenvalue weighted by Gasteiger charge is 2.39. The van der Waals surface area contributed by atoms with Gasteiger partial charge in [0.2, 0.25) is 11.8 Å². The molecule has 2 aliphatic heterocycles. The van der Waals surface area contributed by atoms with E-state index >= 15 is 0 Å². The Hall–Kier alpha value is -3.73. The minimum Gasteiger partial charge on any atom is -0.383 e. The van der Waals surface area contributed by atoms with E-state index in [1.807, 2.05) is 13.0 Å². The number of nitrogens with two attached hydrogens (primary N) is 1. The zero-order valence-electron chi connectivity index (χ0n) is 16.1. The molecule has 1 fully saturated rings. The van der Waals surface area contributed by atoms with E-state index in [4.69, 9.17) is 5.73 Å². The number of hydrogen-bond acceptors (Lipinski definition) is 6. The van der Waals surface area contributed by atoms with Crippen LogP contribution in [-0.2, 0) is 16.1 Å². The van der Waals surface area contributed by atoms with Gasteiger partial charge in [0.05, 0.1) is 11.3 Å². The molecule has 0 saturated carbocycles. The summed E-state index contributed by atoms with van der Waals surface area (Å²) in [6, 6.07) is 6.75. The zero-order valence-corrected chi connectivity index (χ0v) is 16.1. The van der Waals surface area contributed by atoms with Crippen molar-refractivity contribution in [3.8, 4) is 17.3 Å². The van der Waals surface area contributed by atoms with E-state index in [1.54, 1.807) is 19.1 Å². The number of benzene rings is 1. The molecule has 3 N–H and O–H groups in total. The normalized spacial score (nSPS) is 18.4. The highest BCUT2D eigenvalue weighted by Crippen LogP contribution is 2.35. The second-order valence-corrected chi connectivity index (χ2v) is 7.36. The van der Waals surface area contributed by atoms with Crippen molar-refractivity contribution in [3.05, 3.63) is 46.0 Å². The van der Waals surface area contributed by atoms with Crippen molar-refractivity contribution in [2.75, 3.05) is 5.73 Å². The van der Waals surface area contributed by atoms with Gasteiger partial charge in [-0.1, -0.05) is 6.07 Å². The molecule has 1 atom stereocenters. The van der Waals surface area contributed by atoms with E-state index in [2.05, 4.69) is 16.4 Å². The molecule has 0 aliphatic carbocycles. The summed E-state index contributed by atoms with van der Waals surface area (Å²) in [5, 5.41) is 11.5. The number of anilines is 1. The number of carbonyl (C=O) groups excluding carboxylic acids is 3. The minimum absolute atomic E-state index is 0.170. The van der Waals surface area contributed by atoms with Crippen LogP contribution in [0.5, 0.6) is 0 Å². The number of nitrogen functional groups attached to an aromatic ring is 1. The number of piperidine rings is 1. The number of pyridine rings is 1. The third-order valence-electron chi connectivity index (χ3n) is 5.64. The molecular weight excluding hydrogens is 370 g/mol. The summed E-state index contributed by atoms with van der Waals surface area (Å²) in [5.74, 6) is -0.789.